The lowest BCUT2D eigenvalue weighted by atomic mass is 10.0. The summed E-state index contributed by atoms with van der Waals surface area (Å²) in [4.78, 5) is 11.1. The Balaban J connectivity index is 1.40. The van der Waals surface area contributed by atoms with Crippen LogP contribution in [0, 0.1) is 25.2 Å². The van der Waals surface area contributed by atoms with E-state index in [-0.39, 0.29) is 0 Å². The molecule has 3 heterocycles. The number of hydrogen-bond donors (Lipinski definition) is 1. The third-order valence-corrected chi connectivity index (χ3v) is 7.83. The number of nitrogens with zero attached hydrogens (tertiary/aromatic N) is 4. The van der Waals surface area contributed by atoms with Gasteiger partial charge in [-0.1, -0.05) is 36.8 Å². The number of fused-ring (bicyclic) bond motifs is 1. The van der Waals surface area contributed by atoms with E-state index in [1.54, 1.807) is 6.20 Å². The number of aromatic nitrogens is 1. The van der Waals surface area contributed by atoms with Crippen LogP contribution in [-0.4, -0.2) is 47.5 Å². The first-order valence-electron chi connectivity index (χ1n) is 12.2. The first-order valence-corrected chi connectivity index (χ1v) is 13.1. The molecule has 0 radical (unpaired) electrons. The van der Waals surface area contributed by atoms with Crippen LogP contribution in [0.3, 0.4) is 0 Å². The second-order valence-corrected chi connectivity index (χ2v) is 10.3. The zero-order valence-electron chi connectivity index (χ0n) is 20.6. The number of rotatable bonds is 6. The number of nitriles is 1. The monoisotopic (exact) mass is 481 g/mol. The molecule has 0 saturated carbocycles. The summed E-state index contributed by atoms with van der Waals surface area (Å²) in [5.41, 5.74) is 8.01. The molecule has 2 aromatic carbocycles. The third-order valence-electron chi connectivity index (χ3n) is 6.91. The highest BCUT2D eigenvalue weighted by Crippen LogP contribution is 2.34. The number of thiophene rings is 1. The van der Waals surface area contributed by atoms with Crippen molar-refractivity contribution in [3.8, 4) is 17.2 Å². The smallest absolute Gasteiger partial charge is 0.103 e. The minimum Gasteiger partial charge on any atom is -0.354 e. The van der Waals surface area contributed by atoms with Gasteiger partial charge in [-0.3, -0.25) is 9.88 Å². The molecule has 0 spiro atoms. The molecule has 4 aromatic rings. The molecule has 0 amide bonds. The summed E-state index contributed by atoms with van der Waals surface area (Å²) in [5, 5.41) is 16.4. The van der Waals surface area contributed by atoms with E-state index in [0.717, 1.165) is 72.7 Å². The minimum absolute atomic E-state index is 0.547. The van der Waals surface area contributed by atoms with Crippen LogP contribution < -0.4 is 5.32 Å². The minimum atomic E-state index is 0.547. The highest BCUT2D eigenvalue weighted by atomic mass is 32.1. The lowest BCUT2D eigenvalue weighted by Crippen LogP contribution is -2.45. The number of nitrogens with one attached hydrogen (secondary N) is 1. The first-order chi connectivity index (χ1) is 17.0. The van der Waals surface area contributed by atoms with Crippen LogP contribution in [0.4, 0.5) is 11.4 Å². The molecule has 0 bridgehead atoms. The fourth-order valence-corrected chi connectivity index (χ4v) is 5.71. The Labute approximate surface area is 211 Å². The Hall–Kier alpha value is -3.24. The Kier molecular flexibility index (Phi) is 6.83. The molecule has 2 aromatic heterocycles. The molecule has 178 valence electrons. The zero-order chi connectivity index (χ0) is 24.4. The lowest BCUT2D eigenvalue weighted by Gasteiger charge is -2.33. The molecule has 1 saturated heterocycles. The lowest BCUT2D eigenvalue weighted by molar-refractivity contribution is 0.133. The van der Waals surface area contributed by atoms with Crippen molar-refractivity contribution < 1.29 is 0 Å². The molecule has 6 heteroatoms. The average molecular weight is 482 g/mol. The van der Waals surface area contributed by atoms with E-state index in [1.165, 1.54) is 16.0 Å². The van der Waals surface area contributed by atoms with E-state index < -0.39 is 0 Å². The van der Waals surface area contributed by atoms with Crippen molar-refractivity contribution in [1.29, 1.82) is 5.26 Å². The van der Waals surface area contributed by atoms with Crippen molar-refractivity contribution in [1.82, 2.24) is 14.8 Å². The van der Waals surface area contributed by atoms with Gasteiger partial charge in [0.1, 0.15) is 6.07 Å². The van der Waals surface area contributed by atoms with Crippen LogP contribution in [0.15, 0.2) is 54.0 Å². The average Bonchev–Trinajstić information content (AvgIpc) is 3.34. The summed E-state index contributed by atoms with van der Waals surface area (Å²) in [6.07, 6.45) is 1.67. The fraction of sp³-hybridized carbons (Fsp3) is 0.310. The number of benzene rings is 2. The van der Waals surface area contributed by atoms with Gasteiger partial charge >= 0.3 is 0 Å². The van der Waals surface area contributed by atoms with E-state index in [2.05, 4.69) is 94.8 Å². The molecule has 0 atom stereocenters. The van der Waals surface area contributed by atoms with Crippen LogP contribution >= 0.6 is 11.3 Å². The maximum absolute atomic E-state index is 9.73. The highest BCUT2D eigenvalue weighted by Gasteiger charge is 2.17. The van der Waals surface area contributed by atoms with Crippen molar-refractivity contribution >= 4 is 33.6 Å². The molecule has 35 heavy (non-hydrogen) atoms. The van der Waals surface area contributed by atoms with Gasteiger partial charge in [-0.15, -0.1) is 11.3 Å². The second kappa shape index (κ2) is 10.2. The van der Waals surface area contributed by atoms with Crippen molar-refractivity contribution in [3.63, 3.8) is 0 Å². The topological polar surface area (TPSA) is 55.2 Å². The predicted molar refractivity (Wildman–Crippen MR) is 146 cm³/mol. The van der Waals surface area contributed by atoms with Crippen LogP contribution in [0.1, 0.15) is 28.5 Å². The summed E-state index contributed by atoms with van der Waals surface area (Å²) in [5.74, 6) is 0. The molecule has 5 nitrogen and oxygen atoms in total. The highest BCUT2D eigenvalue weighted by molar-refractivity contribution is 7.10. The summed E-state index contributed by atoms with van der Waals surface area (Å²) < 4.78 is 0. The molecule has 5 rings (SSSR count). The van der Waals surface area contributed by atoms with E-state index in [4.69, 9.17) is 0 Å². The number of anilines is 2. The van der Waals surface area contributed by atoms with Crippen molar-refractivity contribution in [2.45, 2.75) is 27.3 Å². The number of hydrogen-bond acceptors (Lipinski definition) is 6. The number of pyridine rings is 1. The second-order valence-electron chi connectivity index (χ2n) is 9.35. The molecule has 1 aliphatic rings. The van der Waals surface area contributed by atoms with Gasteiger partial charge in [-0.25, -0.2) is 0 Å². The summed E-state index contributed by atoms with van der Waals surface area (Å²) in [7, 11) is 0. The third kappa shape index (κ3) is 5.08. The van der Waals surface area contributed by atoms with Gasteiger partial charge in [0.15, 0.2) is 0 Å². The van der Waals surface area contributed by atoms with Crippen LogP contribution in [-0.2, 0) is 6.54 Å². The maximum Gasteiger partial charge on any atom is 0.103 e. The Bertz CT molecular complexity index is 1390. The summed E-state index contributed by atoms with van der Waals surface area (Å²) in [6, 6.07) is 17.3. The molecule has 1 aliphatic heterocycles. The van der Waals surface area contributed by atoms with E-state index in [9.17, 15) is 5.26 Å². The van der Waals surface area contributed by atoms with Gasteiger partial charge in [0.25, 0.3) is 0 Å². The van der Waals surface area contributed by atoms with Crippen molar-refractivity contribution in [2.24, 2.45) is 0 Å². The zero-order valence-corrected chi connectivity index (χ0v) is 21.5. The van der Waals surface area contributed by atoms with E-state index in [1.807, 2.05) is 11.3 Å². The fourth-order valence-electron chi connectivity index (χ4n) is 4.78. The molecular weight excluding hydrogens is 450 g/mol. The largest absolute Gasteiger partial charge is 0.354 e. The van der Waals surface area contributed by atoms with Gasteiger partial charge in [0.05, 0.1) is 16.8 Å². The first kappa shape index (κ1) is 23.5. The molecule has 0 aliphatic carbocycles. The molecule has 1 N–H and O–H groups in total. The van der Waals surface area contributed by atoms with Gasteiger partial charge in [0, 0.05) is 54.9 Å². The van der Waals surface area contributed by atoms with Crippen LogP contribution in [0.5, 0.6) is 0 Å². The van der Waals surface area contributed by atoms with Gasteiger partial charge in [0.2, 0.25) is 0 Å². The Morgan fingerprint density at radius 2 is 1.80 bits per heavy atom. The van der Waals surface area contributed by atoms with Gasteiger partial charge in [-0.2, -0.15) is 5.26 Å². The van der Waals surface area contributed by atoms with Crippen LogP contribution in [0.2, 0.25) is 0 Å². The van der Waals surface area contributed by atoms with Crippen molar-refractivity contribution in [3.05, 3.63) is 75.6 Å². The number of aryl methyl sites for hydroxylation is 2. The van der Waals surface area contributed by atoms with Gasteiger partial charge in [-0.05, 0) is 60.7 Å². The number of piperazine rings is 1. The standard InChI is InChI=1S/C29H31N5S/c1-4-33-9-11-34(12-10-33)18-25-14-23(19-35-25)22-6-7-26-28(15-22)31-17-24(16-30)29(26)32-27-8-5-20(2)13-21(27)3/h5-8,13-15,17,19H,4,9-12,18H2,1-3H3,(H,31,32). The molecule has 1 fully saturated rings. The SMILES string of the molecule is CCN1CCN(Cc2cc(-c3ccc4c(Nc5ccc(C)cc5C)c(C#N)cnc4c3)cs2)CC1. The maximum atomic E-state index is 9.73. The quantitative estimate of drug-likeness (QED) is 0.349. The Morgan fingerprint density at radius 1 is 1.00 bits per heavy atom. The Morgan fingerprint density at radius 3 is 2.54 bits per heavy atom. The normalized spacial score (nSPS) is 14.8. The summed E-state index contributed by atoms with van der Waals surface area (Å²) >= 11 is 1.83. The number of likely N-dealkylation sites (N-methyl/N-ethyl adjacent to an activating group) is 1. The molecule has 0 unspecified atom stereocenters. The van der Waals surface area contributed by atoms with Crippen molar-refractivity contribution in [2.75, 3.05) is 38.0 Å². The predicted octanol–water partition coefficient (Wildman–Crippen LogP) is 6.33. The van der Waals surface area contributed by atoms with Crippen LogP contribution in [0.25, 0.3) is 22.0 Å². The molecular formula is C29H31N5S. The van der Waals surface area contributed by atoms with E-state index >= 15 is 0 Å². The van der Waals surface area contributed by atoms with E-state index in [0.29, 0.717) is 5.56 Å². The van der Waals surface area contributed by atoms with Gasteiger partial charge < -0.3 is 10.2 Å². The summed E-state index contributed by atoms with van der Waals surface area (Å²) in [6.45, 7) is 13.2.